The molecule has 1 saturated carbocycles. The molecular weight excluding hydrogens is 216 g/mol. The van der Waals surface area contributed by atoms with Crippen LogP contribution in [0.15, 0.2) is 0 Å². The quantitative estimate of drug-likeness (QED) is 0.524. The Kier molecular flexibility index (Phi) is 3.90. The Morgan fingerprint density at radius 2 is 1.93 bits per heavy atom. The van der Waals surface area contributed by atoms with E-state index in [0.29, 0.717) is 5.75 Å². The number of rotatable bonds is 5. The summed E-state index contributed by atoms with van der Waals surface area (Å²) in [5.41, 5.74) is -0.453. The summed E-state index contributed by atoms with van der Waals surface area (Å²) in [6.45, 7) is 1.29. The molecule has 1 fully saturated rings. The van der Waals surface area contributed by atoms with E-state index in [4.69, 9.17) is 0 Å². The molecule has 0 aliphatic heterocycles. The Bertz CT molecular complexity index is 294. The molecule has 0 bridgehead atoms. The molecule has 1 rings (SSSR count). The van der Waals surface area contributed by atoms with Gasteiger partial charge in [0.2, 0.25) is 0 Å². The van der Waals surface area contributed by atoms with E-state index in [2.05, 4.69) is 4.74 Å². The monoisotopic (exact) mass is 230 g/mol. The number of carbonyl (C=O) groups excluding carboxylic acids is 3. The van der Waals surface area contributed by atoms with Gasteiger partial charge in [-0.2, -0.15) is 11.8 Å². The number of ketones is 1. The van der Waals surface area contributed by atoms with Gasteiger partial charge >= 0.3 is 11.9 Å². The number of esters is 2. The van der Waals surface area contributed by atoms with Gasteiger partial charge in [-0.05, 0) is 26.0 Å². The molecule has 4 nitrogen and oxygen atoms in total. The highest BCUT2D eigenvalue weighted by Gasteiger charge is 2.51. The second-order valence-electron chi connectivity index (χ2n) is 3.85. The summed E-state index contributed by atoms with van der Waals surface area (Å²) < 4.78 is 4.63. The number of hydrogen-bond donors (Lipinski definition) is 0. The van der Waals surface area contributed by atoms with Crippen molar-refractivity contribution in [2.75, 3.05) is 12.0 Å². The van der Waals surface area contributed by atoms with Crippen LogP contribution in [-0.4, -0.2) is 29.7 Å². The predicted octanol–water partition coefficient (Wildman–Crippen LogP) is 1.18. The number of hydrogen-bond acceptors (Lipinski definition) is 5. The van der Waals surface area contributed by atoms with Gasteiger partial charge in [-0.3, -0.25) is 14.4 Å². The molecule has 1 aliphatic carbocycles. The Hall–Kier alpha value is -0.840. The van der Waals surface area contributed by atoms with Crippen LogP contribution in [0.1, 0.15) is 26.2 Å². The molecule has 0 radical (unpaired) electrons. The molecule has 0 aromatic rings. The van der Waals surface area contributed by atoms with Crippen LogP contribution in [-0.2, 0) is 19.1 Å². The third-order valence-corrected chi connectivity index (χ3v) is 3.15. The lowest BCUT2D eigenvalue weighted by atomic mass is 10.1. The smallest absolute Gasteiger partial charge is 0.320 e. The van der Waals surface area contributed by atoms with E-state index in [-0.39, 0.29) is 12.2 Å². The van der Waals surface area contributed by atoms with Crippen molar-refractivity contribution >= 4 is 29.5 Å². The van der Waals surface area contributed by atoms with Crippen LogP contribution < -0.4 is 0 Å². The minimum Gasteiger partial charge on any atom is -0.392 e. The van der Waals surface area contributed by atoms with Crippen molar-refractivity contribution < 1.29 is 19.1 Å². The summed E-state index contributed by atoms with van der Waals surface area (Å²) in [6, 6.07) is 0. The van der Waals surface area contributed by atoms with Gasteiger partial charge in [0, 0.05) is 5.75 Å². The van der Waals surface area contributed by atoms with E-state index in [1.165, 1.54) is 6.92 Å². The minimum absolute atomic E-state index is 0.289. The lowest BCUT2D eigenvalue weighted by Gasteiger charge is -2.10. The first kappa shape index (κ1) is 12.2. The van der Waals surface area contributed by atoms with Gasteiger partial charge in [0.15, 0.2) is 0 Å². The summed E-state index contributed by atoms with van der Waals surface area (Å²) in [6.07, 6.45) is 3.14. The van der Waals surface area contributed by atoms with Gasteiger partial charge in [0.05, 0.1) is 5.41 Å². The zero-order valence-electron chi connectivity index (χ0n) is 8.87. The van der Waals surface area contributed by atoms with Gasteiger partial charge in [0.1, 0.15) is 12.2 Å². The predicted molar refractivity (Wildman–Crippen MR) is 56.4 cm³/mol. The molecule has 0 saturated heterocycles. The normalized spacial score (nSPS) is 16.9. The van der Waals surface area contributed by atoms with E-state index in [9.17, 15) is 14.4 Å². The molecule has 84 valence electrons. The van der Waals surface area contributed by atoms with Gasteiger partial charge in [-0.25, -0.2) is 0 Å². The van der Waals surface area contributed by atoms with Crippen molar-refractivity contribution in [2.24, 2.45) is 5.41 Å². The number of ether oxygens (including phenoxy) is 1. The molecule has 0 aromatic carbocycles. The van der Waals surface area contributed by atoms with Crippen LogP contribution in [0.3, 0.4) is 0 Å². The molecular formula is C10H14O4S. The topological polar surface area (TPSA) is 60.4 Å². The average Bonchev–Trinajstić information content (AvgIpc) is 2.84. The molecule has 0 aromatic heterocycles. The third-order valence-electron chi connectivity index (χ3n) is 2.31. The molecule has 0 N–H and O–H groups in total. The van der Waals surface area contributed by atoms with E-state index in [0.717, 1.165) is 12.8 Å². The molecule has 0 atom stereocenters. The Morgan fingerprint density at radius 1 is 1.33 bits per heavy atom. The van der Waals surface area contributed by atoms with Crippen LogP contribution in [0.25, 0.3) is 0 Å². The van der Waals surface area contributed by atoms with E-state index < -0.39 is 17.4 Å². The fraction of sp³-hybridized carbons (Fsp3) is 0.700. The lowest BCUT2D eigenvalue weighted by molar-refractivity contribution is -0.163. The Morgan fingerprint density at radius 3 is 2.33 bits per heavy atom. The molecule has 1 aliphatic rings. The number of thioether (sulfide) groups is 1. The van der Waals surface area contributed by atoms with Crippen LogP contribution in [0.5, 0.6) is 0 Å². The highest BCUT2D eigenvalue weighted by Crippen LogP contribution is 2.48. The summed E-state index contributed by atoms with van der Waals surface area (Å²) >= 11 is 1.56. The van der Waals surface area contributed by atoms with Crippen molar-refractivity contribution in [3.63, 3.8) is 0 Å². The number of carbonyl (C=O) groups is 3. The molecule has 5 heteroatoms. The molecule has 0 unspecified atom stereocenters. The first-order valence-electron chi connectivity index (χ1n) is 4.74. The highest BCUT2D eigenvalue weighted by molar-refractivity contribution is 7.98. The van der Waals surface area contributed by atoms with Crippen LogP contribution in [0.4, 0.5) is 0 Å². The lowest BCUT2D eigenvalue weighted by Crippen LogP contribution is -2.25. The maximum atomic E-state index is 11.5. The molecule has 0 heterocycles. The second-order valence-corrected chi connectivity index (χ2v) is 4.72. The van der Waals surface area contributed by atoms with E-state index >= 15 is 0 Å². The SMILES string of the molecule is CSCC1(C(=O)OC(=O)CC(C)=O)CC1. The van der Waals surface area contributed by atoms with E-state index in [1.807, 2.05) is 6.26 Å². The summed E-state index contributed by atoms with van der Waals surface area (Å²) in [4.78, 5) is 33.2. The summed E-state index contributed by atoms with van der Waals surface area (Å²) in [5, 5.41) is 0. The van der Waals surface area contributed by atoms with Crippen molar-refractivity contribution in [1.29, 1.82) is 0 Å². The van der Waals surface area contributed by atoms with E-state index in [1.54, 1.807) is 11.8 Å². The highest BCUT2D eigenvalue weighted by atomic mass is 32.2. The van der Waals surface area contributed by atoms with Gasteiger partial charge in [0.25, 0.3) is 0 Å². The summed E-state index contributed by atoms with van der Waals surface area (Å²) in [5.74, 6) is -0.815. The van der Waals surface area contributed by atoms with Gasteiger partial charge in [-0.15, -0.1) is 0 Å². The first-order chi connectivity index (χ1) is 7.00. The van der Waals surface area contributed by atoms with Gasteiger partial charge in [-0.1, -0.05) is 0 Å². The molecule has 15 heavy (non-hydrogen) atoms. The van der Waals surface area contributed by atoms with Crippen molar-refractivity contribution in [3.05, 3.63) is 0 Å². The minimum atomic E-state index is -0.736. The standard InChI is InChI=1S/C10H14O4S/c1-7(11)5-8(12)14-9(13)10(3-4-10)6-15-2/h3-6H2,1-2H3. The van der Waals surface area contributed by atoms with Crippen molar-refractivity contribution in [2.45, 2.75) is 26.2 Å². The van der Waals surface area contributed by atoms with Crippen molar-refractivity contribution in [1.82, 2.24) is 0 Å². The number of Topliss-reactive ketones (excluding diaryl/α,β-unsaturated/α-hetero) is 1. The molecule has 0 spiro atoms. The summed E-state index contributed by atoms with van der Waals surface area (Å²) in [7, 11) is 0. The maximum absolute atomic E-state index is 11.5. The fourth-order valence-electron chi connectivity index (χ4n) is 1.29. The van der Waals surface area contributed by atoms with Crippen molar-refractivity contribution in [3.8, 4) is 0 Å². The second kappa shape index (κ2) is 4.79. The van der Waals surface area contributed by atoms with Crippen LogP contribution >= 0.6 is 11.8 Å². The molecule has 0 amide bonds. The zero-order chi connectivity index (χ0) is 11.5. The average molecular weight is 230 g/mol. The maximum Gasteiger partial charge on any atom is 0.320 e. The third kappa shape index (κ3) is 3.34. The first-order valence-corrected chi connectivity index (χ1v) is 6.13. The largest absolute Gasteiger partial charge is 0.392 e. The Balaban J connectivity index is 2.42. The zero-order valence-corrected chi connectivity index (χ0v) is 9.69. The van der Waals surface area contributed by atoms with Crippen LogP contribution in [0.2, 0.25) is 0 Å². The van der Waals surface area contributed by atoms with Crippen LogP contribution in [0, 0.1) is 5.41 Å². The fourth-order valence-corrected chi connectivity index (χ4v) is 2.24. The van der Waals surface area contributed by atoms with Gasteiger partial charge < -0.3 is 4.74 Å². The Labute approximate surface area is 92.7 Å².